The second-order valence-corrected chi connectivity index (χ2v) is 8.00. The van der Waals surface area contributed by atoms with Crippen LogP contribution in [0.25, 0.3) is 22.8 Å². The van der Waals surface area contributed by atoms with Crippen molar-refractivity contribution in [3.63, 3.8) is 0 Å². The Labute approximate surface area is 175 Å². The molecule has 0 radical (unpaired) electrons. The summed E-state index contributed by atoms with van der Waals surface area (Å²) in [4.78, 5) is 23.2. The summed E-state index contributed by atoms with van der Waals surface area (Å²) in [6.45, 7) is 4.77. The normalized spacial score (nSPS) is 12.0. The van der Waals surface area contributed by atoms with E-state index in [-0.39, 0.29) is 11.4 Å². The molecule has 0 saturated heterocycles. The Balaban J connectivity index is 1.74. The number of nitrogens with zero attached hydrogens (tertiary/aromatic N) is 5. The molecule has 30 heavy (non-hydrogen) atoms. The SMILES string of the molecule is CC(C)CCn1c(=O)c2ccccc2n2c(S/C=C/c3ccc([N+](=O)[O-])o3)nnc12. The first-order valence-corrected chi connectivity index (χ1v) is 10.3. The Morgan fingerprint density at radius 1 is 1.23 bits per heavy atom. The minimum Gasteiger partial charge on any atom is -0.401 e. The van der Waals surface area contributed by atoms with E-state index in [2.05, 4.69) is 24.0 Å². The van der Waals surface area contributed by atoms with E-state index in [9.17, 15) is 14.9 Å². The summed E-state index contributed by atoms with van der Waals surface area (Å²) in [5, 5.41) is 22.2. The third-order valence-corrected chi connectivity index (χ3v) is 5.35. The fourth-order valence-electron chi connectivity index (χ4n) is 3.09. The van der Waals surface area contributed by atoms with Gasteiger partial charge < -0.3 is 4.42 Å². The van der Waals surface area contributed by atoms with E-state index in [4.69, 9.17) is 4.42 Å². The molecule has 1 aromatic carbocycles. The van der Waals surface area contributed by atoms with Crippen LogP contribution in [0.3, 0.4) is 0 Å². The number of hydrogen-bond acceptors (Lipinski definition) is 7. The highest BCUT2D eigenvalue weighted by Gasteiger charge is 2.16. The van der Waals surface area contributed by atoms with Gasteiger partial charge in [-0.2, -0.15) is 0 Å². The lowest BCUT2D eigenvalue weighted by atomic mass is 10.1. The molecule has 154 valence electrons. The van der Waals surface area contributed by atoms with Crippen LogP contribution in [0.15, 0.2) is 56.2 Å². The predicted octanol–water partition coefficient (Wildman–Crippen LogP) is 4.35. The molecule has 0 aliphatic carbocycles. The highest BCUT2D eigenvalue weighted by Crippen LogP contribution is 2.24. The van der Waals surface area contributed by atoms with Crippen molar-refractivity contribution < 1.29 is 9.34 Å². The maximum Gasteiger partial charge on any atom is 0.433 e. The summed E-state index contributed by atoms with van der Waals surface area (Å²) >= 11 is 1.29. The third-order valence-electron chi connectivity index (χ3n) is 4.61. The molecule has 10 heteroatoms. The summed E-state index contributed by atoms with van der Waals surface area (Å²) in [6.07, 6.45) is 2.47. The number of rotatable bonds is 7. The molecule has 0 amide bonds. The summed E-state index contributed by atoms with van der Waals surface area (Å²) in [5.74, 6) is 0.985. The van der Waals surface area contributed by atoms with Crippen molar-refractivity contribution in [1.82, 2.24) is 19.2 Å². The smallest absolute Gasteiger partial charge is 0.401 e. The molecule has 3 aromatic heterocycles. The van der Waals surface area contributed by atoms with Crippen molar-refractivity contribution in [2.24, 2.45) is 5.92 Å². The van der Waals surface area contributed by atoms with E-state index in [1.54, 1.807) is 22.1 Å². The average Bonchev–Trinajstić information content (AvgIpc) is 3.36. The van der Waals surface area contributed by atoms with Crippen molar-refractivity contribution in [3.8, 4) is 0 Å². The highest BCUT2D eigenvalue weighted by atomic mass is 32.2. The van der Waals surface area contributed by atoms with Gasteiger partial charge in [-0.05, 0) is 42.0 Å². The molecule has 3 heterocycles. The summed E-state index contributed by atoms with van der Waals surface area (Å²) in [5.41, 5.74) is 0.647. The number of fused-ring (bicyclic) bond motifs is 3. The third kappa shape index (κ3) is 3.73. The zero-order valence-corrected chi connectivity index (χ0v) is 17.2. The first-order chi connectivity index (χ1) is 14.5. The fraction of sp³-hybridized carbons (Fsp3) is 0.250. The molecule has 0 bridgehead atoms. The molecule has 4 rings (SSSR count). The summed E-state index contributed by atoms with van der Waals surface area (Å²) in [6, 6.07) is 10.2. The van der Waals surface area contributed by atoms with Crippen LogP contribution in [0, 0.1) is 16.0 Å². The number of furan rings is 1. The molecule has 0 N–H and O–H groups in total. The first kappa shape index (κ1) is 19.9. The number of aryl methyl sites for hydroxylation is 1. The number of hydrogen-bond donors (Lipinski definition) is 0. The van der Waals surface area contributed by atoms with Gasteiger partial charge in [-0.25, -0.2) is 0 Å². The largest absolute Gasteiger partial charge is 0.433 e. The number of nitro groups is 1. The molecule has 0 unspecified atom stereocenters. The van der Waals surface area contributed by atoms with Gasteiger partial charge in [0.1, 0.15) is 10.7 Å². The van der Waals surface area contributed by atoms with Gasteiger partial charge in [-0.3, -0.25) is 23.9 Å². The van der Waals surface area contributed by atoms with Gasteiger partial charge in [-0.1, -0.05) is 37.7 Å². The van der Waals surface area contributed by atoms with E-state index in [1.807, 2.05) is 22.6 Å². The molecule has 0 spiro atoms. The minimum atomic E-state index is -0.584. The minimum absolute atomic E-state index is 0.0823. The number of para-hydroxylation sites is 1. The quantitative estimate of drug-likeness (QED) is 0.246. The van der Waals surface area contributed by atoms with E-state index < -0.39 is 4.92 Å². The van der Waals surface area contributed by atoms with Crippen LogP contribution in [-0.2, 0) is 6.54 Å². The van der Waals surface area contributed by atoms with Crippen molar-refractivity contribution in [3.05, 3.63) is 68.0 Å². The Morgan fingerprint density at radius 2 is 2.03 bits per heavy atom. The van der Waals surface area contributed by atoms with Crippen molar-refractivity contribution in [2.75, 3.05) is 0 Å². The molecule has 9 nitrogen and oxygen atoms in total. The van der Waals surface area contributed by atoms with Gasteiger partial charge in [0.15, 0.2) is 0 Å². The van der Waals surface area contributed by atoms with Crippen LogP contribution >= 0.6 is 11.8 Å². The highest BCUT2D eigenvalue weighted by molar-refractivity contribution is 8.02. The van der Waals surface area contributed by atoms with Gasteiger partial charge >= 0.3 is 5.88 Å². The average molecular weight is 425 g/mol. The second-order valence-electron chi connectivity index (χ2n) is 7.13. The molecule has 4 aromatic rings. The van der Waals surface area contributed by atoms with Crippen molar-refractivity contribution >= 4 is 40.4 Å². The molecular formula is C20H19N5O4S. The molecule has 0 fully saturated rings. The lowest BCUT2D eigenvalue weighted by molar-refractivity contribution is -0.402. The first-order valence-electron chi connectivity index (χ1n) is 9.40. The van der Waals surface area contributed by atoms with Crippen LogP contribution in [0.2, 0.25) is 0 Å². The van der Waals surface area contributed by atoms with Gasteiger partial charge in [0.2, 0.25) is 10.9 Å². The van der Waals surface area contributed by atoms with E-state index in [1.165, 1.54) is 23.9 Å². The van der Waals surface area contributed by atoms with E-state index in [0.717, 1.165) is 11.9 Å². The van der Waals surface area contributed by atoms with Crippen molar-refractivity contribution in [2.45, 2.75) is 32.0 Å². The number of aromatic nitrogens is 4. The maximum absolute atomic E-state index is 13.0. The standard InChI is InChI=1S/C20H19N5O4S/c1-13(2)9-11-23-18(26)15-5-3-4-6-16(15)24-19(23)21-22-20(24)30-12-10-14-7-8-17(29-14)25(27)28/h3-8,10,12-13H,9,11H2,1-2H3/b12-10+. The monoisotopic (exact) mass is 425 g/mol. The van der Waals surface area contributed by atoms with Gasteiger partial charge in [0.25, 0.3) is 5.56 Å². The summed E-state index contributed by atoms with van der Waals surface area (Å²) < 4.78 is 8.65. The Bertz CT molecular complexity index is 1320. The molecule has 0 aliphatic rings. The second kappa shape index (κ2) is 8.15. The predicted molar refractivity (Wildman–Crippen MR) is 114 cm³/mol. The molecule has 0 aliphatic heterocycles. The Morgan fingerprint density at radius 3 is 2.77 bits per heavy atom. The topological polar surface area (TPSA) is 108 Å². The van der Waals surface area contributed by atoms with Crippen LogP contribution in [0.1, 0.15) is 26.0 Å². The van der Waals surface area contributed by atoms with Gasteiger partial charge in [-0.15, -0.1) is 10.2 Å². The Kier molecular flexibility index (Phi) is 5.40. The molecule has 0 saturated carbocycles. The fourth-order valence-corrected chi connectivity index (χ4v) is 3.79. The van der Waals surface area contributed by atoms with E-state index >= 15 is 0 Å². The van der Waals surface area contributed by atoms with Crippen LogP contribution in [0.4, 0.5) is 5.88 Å². The van der Waals surface area contributed by atoms with E-state index in [0.29, 0.717) is 34.5 Å². The summed E-state index contributed by atoms with van der Waals surface area (Å²) in [7, 11) is 0. The Hall–Kier alpha value is -3.40. The van der Waals surface area contributed by atoms with Crippen molar-refractivity contribution in [1.29, 1.82) is 0 Å². The van der Waals surface area contributed by atoms with Crippen LogP contribution in [0.5, 0.6) is 0 Å². The molecule has 0 atom stereocenters. The van der Waals surface area contributed by atoms with Crippen LogP contribution < -0.4 is 5.56 Å². The zero-order chi connectivity index (χ0) is 21.3. The molecular weight excluding hydrogens is 406 g/mol. The van der Waals surface area contributed by atoms with Gasteiger partial charge in [0.05, 0.1) is 17.0 Å². The van der Waals surface area contributed by atoms with Gasteiger partial charge in [0, 0.05) is 6.54 Å². The lowest BCUT2D eigenvalue weighted by Crippen LogP contribution is -2.24. The maximum atomic E-state index is 13.0. The number of thioether (sulfide) groups is 1. The number of benzene rings is 1. The zero-order valence-electron chi connectivity index (χ0n) is 16.4. The van der Waals surface area contributed by atoms with Crippen LogP contribution in [-0.4, -0.2) is 24.1 Å². The lowest BCUT2D eigenvalue weighted by Gasteiger charge is -2.12.